The van der Waals surface area contributed by atoms with Crippen molar-refractivity contribution in [1.29, 1.82) is 0 Å². The lowest BCUT2D eigenvalue weighted by molar-refractivity contribution is -0.314. The van der Waals surface area contributed by atoms with Gasteiger partial charge in [-0.2, -0.15) is 0 Å². The van der Waals surface area contributed by atoms with Gasteiger partial charge in [0.25, 0.3) is 0 Å². The van der Waals surface area contributed by atoms with Crippen molar-refractivity contribution < 1.29 is 53.7 Å². The van der Waals surface area contributed by atoms with Crippen molar-refractivity contribution in [1.82, 2.24) is 0 Å². The molecule has 14 atom stereocenters. The predicted octanol–water partition coefficient (Wildman–Crippen LogP) is 5.57. The third-order valence-electron chi connectivity index (χ3n) is 10.9. The normalized spacial score (nSPS) is 39.9. The van der Waals surface area contributed by atoms with Crippen LogP contribution in [-0.2, 0) is 33.3 Å². The highest BCUT2D eigenvalue weighted by molar-refractivity contribution is 5.87. The van der Waals surface area contributed by atoms with E-state index in [-0.39, 0.29) is 35.9 Å². The zero-order valence-electron chi connectivity index (χ0n) is 33.3. The maximum absolute atomic E-state index is 13.8. The maximum atomic E-state index is 13.8. The SMILES string of the molecule is C/C=C/[C@H]1O[C@@](O)([C@@H](C)[C@H](O)[C@H](C)[C@H]2OC(=O)/C(OC)=C/C(C)=C/[C@@H](C)[C@@H](O)C(CC)[C@@H](O)[C@H](C)C/C(C)=C/C=C/[C@@H]2OC)C[C@@H](OC(C)=O)[C@@H]1C. The Kier molecular flexibility index (Phi) is 18.0. The zero-order valence-corrected chi connectivity index (χ0v) is 33.3. The van der Waals surface area contributed by atoms with Crippen LogP contribution >= 0.6 is 0 Å². The lowest BCUT2D eigenvalue weighted by Crippen LogP contribution is -2.58. The Labute approximate surface area is 311 Å². The molecule has 0 aromatic carbocycles. The molecular weight excluding hydrogens is 668 g/mol. The smallest absolute Gasteiger partial charge is 0.373 e. The molecule has 2 heterocycles. The summed E-state index contributed by atoms with van der Waals surface area (Å²) in [5.41, 5.74) is 1.62. The number of methoxy groups -OCH3 is 2. The molecule has 0 bridgehead atoms. The number of hydrogen-bond donors (Lipinski definition) is 4. The van der Waals surface area contributed by atoms with E-state index in [1.807, 2.05) is 53.7 Å². The van der Waals surface area contributed by atoms with Gasteiger partial charge >= 0.3 is 11.9 Å². The zero-order chi connectivity index (χ0) is 39.5. The Hall–Kier alpha value is -2.80. The van der Waals surface area contributed by atoms with Crippen molar-refractivity contribution in [3.8, 4) is 0 Å². The number of hydrogen-bond acceptors (Lipinski definition) is 11. The highest BCUT2D eigenvalue weighted by Gasteiger charge is 2.52. The monoisotopic (exact) mass is 734 g/mol. The average molecular weight is 735 g/mol. The molecule has 52 heavy (non-hydrogen) atoms. The van der Waals surface area contributed by atoms with Gasteiger partial charge in [0, 0.05) is 50.0 Å². The molecule has 1 unspecified atom stereocenters. The van der Waals surface area contributed by atoms with Crippen molar-refractivity contribution in [2.75, 3.05) is 14.2 Å². The van der Waals surface area contributed by atoms with Crippen LogP contribution < -0.4 is 0 Å². The number of aliphatic hydroxyl groups is 4. The highest BCUT2D eigenvalue weighted by Crippen LogP contribution is 2.41. The van der Waals surface area contributed by atoms with Gasteiger partial charge in [-0.15, -0.1) is 0 Å². The van der Waals surface area contributed by atoms with Crippen LogP contribution in [0.25, 0.3) is 0 Å². The van der Waals surface area contributed by atoms with Crippen LogP contribution in [0.2, 0.25) is 0 Å². The number of cyclic esters (lactones) is 1. The molecule has 296 valence electrons. The second-order valence-corrected chi connectivity index (χ2v) is 15.0. The Balaban J connectivity index is 2.61. The molecule has 11 heteroatoms. The fourth-order valence-electron chi connectivity index (χ4n) is 7.52. The lowest BCUT2D eigenvalue weighted by atomic mass is 9.77. The van der Waals surface area contributed by atoms with Crippen molar-refractivity contribution in [3.05, 3.63) is 59.4 Å². The van der Waals surface area contributed by atoms with E-state index in [0.717, 1.165) is 5.57 Å². The molecule has 0 aromatic heterocycles. The second kappa shape index (κ2) is 20.6. The van der Waals surface area contributed by atoms with Gasteiger partial charge in [0.2, 0.25) is 5.76 Å². The number of esters is 2. The highest BCUT2D eigenvalue weighted by atomic mass is 16.6. The van der Waals surface area contributed by atoms with Gasteiger partial charge in [-0.1, -0.05) is 89.1 Å². The minimum Gasteiger partial charge on any atom is -0.490 e. The van der Waals surface area contributed by atoms with Crippen LogP contribution in [0.5, 0.6) is 0 Å². The molecule has 11 nitrogen and oxygen atoms in total. The van der Waals surface area contributed by atoms with Crippen LogP contribution in [0.1, 0.15) is 88.5 Å². The summed E-state index contributed by atoms with van der Waals surface area (Å²) in [6.07, 6.45) is 7.38. The number of allylic oxidation sites excluding steroid dienone is 6. The average Bonchev–Trinajstić information content (AvgIpc) is 3.08. The topological polar surface area (TPSA) is 161 Å². The van der Waals surface area contributed by atoms with Crippen LogP contribution in [-0.4, -0.2) is 95.1 Å². The van der Waals surface area contributed by atoms with Crippen LogP contribution in [0.4, 0.5) is 0 Å². The van der Waals surface area contributed by atoms with Crippen LogP contribution in [0.15, 0.2) is 59.4 Å². The van der Waals surface area contributed by atoms with Gasteiger partial charge in [0.05, 0.1) is 31.5 Å². The minimum absolute atomic E-state index is 0.0731. The van der Waals surface area contributed by atoms with Crippen molar-refractivity contribution in [3.63, 3.8) is 0 Å². The van der Waals surface area contributed by atoms with Crippen LogP contribution in [0.3, 0.4) is 0 Å². The predicted molar refractivity (Wildman–Crippen MR) is 199 cm³/mol. The molecule has 0 saturated carbocycles. The molecular formula is C41H66O11. The molecule has 1 fully saturated rings. The Morgan fingerprint density at radius 2 is 1.79 bits per heavy atom. The van der Waals surface area contributed by atoms with Crippen molar-refractivity contribution >= 4 is 11.9 Å². The largest absolute Gasteiger partial charge is 0.490 e. The number of rotatable bonds is 9. The summed E-state index contributed by atoms with van der Waals surface area (Å²) in [5, 5.41) is 46.4. The molecule has 0 spiro atoms. The van der Waals surface area contributed by atoms with Crippen molar-refractivity contribution in [2.24, 2.45) is 35.5 Å². The minimum atomic E-state index is -1.90. The van der Waals surface area contributed by atoms with Gasteiger partial charge in [-0.25, -0.2) is 4.79 Å². The number of carbonyl (C=O) groups excluding carboxylic acids is 2. The molecule has 2 rings (SSSR count). The third kappa shape index (κ3) is 11.9. The fourth-order valence-corrected chi connectivity index (χ4v) is 7.52. The van der Waals surface area contributed by atoms with Gasteiger partial charge in [0.1, 0.15) is 18.3 Å². The molecule has 2 aliphatic heterocycles. The number of carbonyl (C=O) groups is 2. The second-order valence-electron chi connectivity index (χ2n) is 15.0. The van der Waals surface area contributed by atoms with E-state index in [4.69, 9.17) is 23.7 Å². The molecule has 1 saturated heterocycles. The Bertz CT molecular complexity index is 1320. The summed E-state index contributed by atoms with van der Waals surface area (Å²) in [5.74, 6) is -6.15. The standard InChI is InChI=1S/C41H66O11/c1-13-16-32-27(7)35(50-30(10)42)22-41(47,52-32)29(9)38(45)28(8)39-33(48-11)18-15-17-23(3)19-25(5)36(43)31(14-2)37(44)26(6)20-24(4)21-34(49-12)40(46)51-39/h13,15-18,20-21,25-29,31-33,35-39,43-45,47H,14,19,22H2,1-12H3/b16-13+,18-15+,23-17+,24-20+,34-21-/t25-,26-,27-,28+,29+,31?,32-,33+,35-,36+,37-,38-,39-,41-/m1/s1. The summed E-state index contributed by atoms with van der Waals surface area (Å²) in [4.78, 5) is 25.7. The molecule has 4 N–H and O–H groups in total. The first kappa shape index (κ1) is 45.4. The van der Waals surface area contributed by atoms with Gasteiger partial charge in [0.15, 0.2) is 5.79 Å². The molecule has 2 aliphatic rings. The van der Waals surface area contributed by atoms with E-state index in [9.17, 15) is 30.0 Å². The van der Waals surface area contributed by atoms with Crippen molar-refractivity contribution in [2.45, 2.75) is 137 Å². The first-order valence-electron chi connectivity index (χ1n) is 18.6. The summed E-state index contributed by atoms with van der Waals surface area (Å²) >= 11 is 0. The molecule has 0 aliphatic carbocycles. The van der Waals surface area contributed by atoms with E-state index < -0.39 is 72.3 Å². The van der Waals surface area contributed by atoms with E-state index in [2.05, 4.69) is 0 Å². The summed E-state index contributed by atoms with van der Waals surface area (Å²) < 4.78 is 29.2. The lowest BCUT2D eigenvalue weighted by Gasteiger charge is -2.48. The first-order chi connectivity index (χ1) is 24.3. The van der Waals surface area contributed by atoms with E-state index in [1.165, 1.54) is 27.2 Å². The maximum Gasteiger partial charge on any atom is 0.373 e. The summed E-state index contributed by atoms with van der Waals surface area (Å²) in [6.45, 7) is 17.9. The molecule has 0 amide bonds. The molecule has 0 radical (unpaired) electrons. The van der Waals surface area contributed by atoms with Crippen LogP contribution in [0, 0.1) is 35.5 Å². The summed E-state index contributed by atoms with van der Waals surface area (Å²) in [7, 11) is 2.82. The van der Waals surface area contributed by atoms with Gasteiger partial charge < -0.3 is 44.1 Å². The molecule has 0 aromatic rings. The van der Waals surface area contributed by atoms with Gasteiger partial charge in [-0.3, -0.25) is 4.79 Å². The quantitative estimate of drug-likeness (QED) is 0.173. The first-order valence-corrected chi connectivity index (χ1v) is 18.6. The Morgan fingerprint density at radius 3 is 2.35 bits per heavy atom. The third-order valence-corrected chi connectivity index (χ3v) is 10.9. The van der Waals surface area contributed by atoms with E-state index in [0.29, 0.717) is 18.4 Å². The number of ether oxygens (including phenoxy) is 5. The van der Waals surface area contributed by atoms with Gasteiger partial charge in [-0.05, 0) is 45.6 Å². The summed E-state index contributed by atoms with van der Waals surface area (Å²) in [6, 6.07) is 0. The van der Waals surface area contributed by atoms with E-state index >= 15 is 0 Å². The Morgan fingerprint density at radius 1 is 1.13 bits per heavy atom. The fraction of sp³-hybridized carbons (Fsp3) is 0.707. The number of aliphatic hydroxyl groups excluding tert-OH is 3. The van der Waals surface area contributed by atoms with E-state index in [1.54, 1.807) is 45.1 Å².